The Balaban J connectivity index is 0. The quantitative estimate of drug-likeness (QED) is 0.630. The van der Waals surface area contributed by atoms with E-state index in [2.05, 4.69) is 0 Å². The van der Waals surface area contributed by atoms with Gasteiger partial charge in [-0.15, -0.1) is 0 Å². The fraction of sp³-hybridized carbons (Fsp3) is 0.857. The van der Waals surface area contributed by atoms with Crippen LogP contribution in [0.25, 0.3) is 0 Å². The van der Waals surface area contributed by atoms with E-state index in [1.165, 1.54) is 0 Å². The Kier molecular flexibility index (Phi) is 11.9. The summed E-state index contributed by atoms with van der Waals surface area (Å²) in [6.45, 7) is 5.69. The van der Waals surface area contributed by atoms with E-state index in [9.17, 15) is 4.79 Å². The van der Waals surface area contributed by atoms with Gasteiger partial charge in [-0.3, -0.25) is 4.79 Å². The van der Waals surface area contributed by atoms with E-state index in [1.807, 2.05) is 13.8 Å². The molecule has 0 radical (unpaired) electrons. The Morgan fingerprint density at radius 3 is 2.08 bits per heavy atom. The van der Waals surface area contributed by atoms with E-state index in [4.69, 9.17) is 13.2 Å². The van der Waals surface area contributed by atoms with Crippen molar-refractivity contribution < 1.29 is 17.9 Å². The van der Waals surface area contributed by atoms with Crippen LogP contribution in [0.15, 0.2) is 0 Å². The van der Waals surface area contributed by atoms with Crippen molar-refractivity contribution in [2.75, 3.05) is 0 Å². The summed E-state index contributed by atoms with van der Waals surface area (Å²) < 4.78 is 21.5. The zero-order valence-corrected chi connectivity index (χ0v) is 8.35. The molecular formula is C7H14O4S. The first-order chi connectivity index (χ1) is 5.62. The van der Waals surface area contributed by atoms with E-state index < -0.39 is 11.6 Å². The fourth-order valence-electron chi connectivity index (χ4n) is 0.391. The van der Waals surface area contributed by atoms with Crippen LogP contribution in [-0.4, -0.2) is 20.5 Å². The van der Waals surface area contributed by atoms with Crippen LogP contribution in [0.1, 0.15) is 33.6 Å². The normalized spacial score (nSPS) is 10.6. The van der Waals surface area contributed by atoms with Crippen molar-refractivity contribution >= 4 is 17.5 Å². The van der Waals surface area contributed by atoms with Gasteiger partial charge in [0.1, 0.15) is 0 Å². The Morgan fingerprint density at radius 2 is 1.83 bits per heavy atom. The Labute approximate surface area is 75.9 Å². The minimum absolute atomic E-state index is 0.0810. The van der Waals surface area contributed by atoms with Gasteiger partial charge < -0.3 is 4.74 Å². The average Bonchev–Trinajstić information content (AvgIpc) is 2.05. The van der Waals surface area contributed by atoms with E-state index in [0.717, 1.165) is 6.42 Å². The van der Waals surface area contributed by atoms with Crippen molar-refractivity contribution in [2.45, 2.75) is 39.7 Å². The largest absolute Gasteiger partial charge is 0.463 e. The number of carbonyl (C=O) groups excluding carboxylic acids is 1. The molecule has 12 heavy (non-hydrogen) atoms. The summed E-state index contributed by atoms with van der Waals surface area (Å²) in [5, 5.41) is 0. The molecule has 4 nitrogen and oxygen atoms in total. The molecule has 0 fully saturated rings. The van der Waals surface area contributed by atoms with Crippen LogP contribution in [0.2, 0.25) is 0 Å². The number of carbonyl (C=O) groups is 1. The molecule has 0 aromatic carbocycles. The second-order valence-electron chi connectivity index (χ2n) is 2.13. The first-order valence-electron chi connectivity index (χ1n) is 3.73. The second kappa shape index (κ2) is 10.3. The van der Waals surface area contributed by atoms with Crippen molar-refractivity contribution in [1.29, 1.82) is 0 Å². The maximum atomic E-state index is 10.6. The molecule has 0 aliphatic heterocycles. The Morgan fingerprint density at radius 1 is 1.42 bits per heavy atom. The van der Waals surface area contributed by atoms with E-state index in [0.29, 0.717) is 6.42 Å². The first-order valence-corrected chi connectivity index (χ1v) is 4.40. The molecule has 0 saturated heterocycles. The third kappa shape index (κ3) is 12.0. The predicted octanol–water partition coefficient (Wildman–Crippen LogP) is 1.07. The number of esters is 1. The van der Waals surface area contributed by atoms with Crippen LogP contribution in [-0.2, 0) is 21.1 Å². The Hall–Kier alpha value is -0.710. The summed E-state index contributed by atoms with van der Waals surface area (Å²) in [5.41, 5.74) is 0. The molecule has 0 aromatic rings. The van der Waals surface area contributed by atoms with E-state index >= 15 is 0 Å². The van der Waals surface area contributed by atoms with Crippen LogP contribution < -0.4 is 0 Å². The molecule has 0 aromatic heterocycles. The van der Waals surface area contributed by atoms with Crippen molar-refractivity contribution in [3.63, 3.8) is 0 Å². The van der Waals surface area contributed by atoms with Gasteiger partial charge >= 0.3 is 17.5 Å². The highest BCUT2D eigenvalue weighted by molar-refractivity contribution is 7.51. The minimum Gasteiger partial charge on any atom is -0.463 e. The van der Waals surface area contributed by atoms with Gasteiger partial charge in [0.05, 0.1) is 6.10 Å². The molecule has 0 amide bonds. The molecule has 0 N–H and O–H groups in total. The van der Waals surface area contributed by atoms with Crippen LogP contribution in [0, 0.1) is 0 Å². The molecule has 0 saturated carbocycles. The van der Waals surface area contributed by atoms with Gasteiger partial charge in [0.15, 0.2) is 0 Å². The van der Waals surface area contributed by atoms with Crippen molar-refractivity contribution in [3.8, 4) is 0 Å². The molecule has 72 valence electrons. The highest BCUT2D eigenvalue weighted by Gasteiger charge is 2.02. The average molecular weight is 194 g/mol. The third-order valence-corrected chi connectivity index (χ3v) is 1.20. The van der Waals surface area contributed by atoms with Gasteiger partial charge in [-0.25, -0.2) is 0 Å². The second-order valence-corrected chi connectivity index (χ2v) is 2.27. The molecular weight excluding hydrogens is 180 g/mol. The molecule has 1 unspecified atom stereocenters. The molecule has 0 heterocycles. The zero-order chi connectivity index (χ0) is 9.98. The smallest absolute Gasteiger partial charge is 0.335 e. The van der Waals surface area contributed by atoms with Gasteiger partial charge in [-0.2, -0.15) is 8.42 Å². The third-order valence-electron chi connectivity index (χ3n) is 1.20. The molecule has 0 aliphatic carbocycles. The van der Waals surface area contributed by atoms with Gasteiger partial charge in [-0.1, -0.05) is 13.8 Å². The van der Waals surface area contributed by atoms with Crippen molar-refractivity contribution in [1.82, 2.24) is 0 Å². The maximum absolute atomic E-state index is 10.6. The van der Waals surface area contributed by atoms with Crippen LogP contribution >= 0.6 is 0 Å². The molecule has 0 aliphatic rings. The van der Waals surface area contributed by atoms with Gasteiger partial charge in [0.25, 0.3) is 0 Å². The van der Waals surface area contributed by atoms with Crippen LogP contribution in [0.4, 0.5) is 0 Å². The number of ether oxygens (including phenoxy) is 1. The topological polar surface area (TPSA) is 60.4 Å². The van der Waals surface area contributed by atoms with Crippen LogP contribution in [0.5, 0.6) is 0 Å². The fourth-order valence-corrected chi connectivity index (χ4v) is 0.391. The molecule has 0 spiro atoms. The molecule has 5 heteroatoms. The lowest BCUT2D eigenvalue weighted by Gasteiger charge is -2.08. The van der Waals surface area contributed by atoms with Gasteiger partial charge in [-0.05, 0) is 13.3 Å². The summed E-state index contributed by atoms with van der Waals surface area (Å²) >= 11 is -0.750. The first kappa shape index (κ1) is 13.9. The summed E-state index contributed by atoms with van der Waals surface area (Å²) in [5.74, 6) is -0.107. The lowest BCUT2D eigenvalue weighted by molar-refractivity contribution is -0.147. The molecule has 0 rings (SSSR count). The Bertz CT molecular complexity index is 151. The van der Waals surface area contributed by atoms with Crippen molar-refractivity contribution in [2.24, 2.45) is 0 Å². The van der Waals surface area contributed by atoms with E-state index in [-0.39, 0.29) is 12.1 Å². The van der Waals surface area contributed by atoms with E-state index in [1.54, 1.807) is 6.92 Å². The number of hydrogen-bond acceptors (Lipinski definition) is 4. The lowest BCUT2D eigenvalue weighted by atomic mass is 10.3. The lowest BCUT2D eigenvalue weighted by Crippen LogP contribution is -2.12. The monoisotopic (exact) mass is 194 g/mol. The SMILES string of the molecule is CCC(=O)OC(C)CC.O=S=O. The van der Waals surface area contributed by atoms with Gasteiger partial charge in [0.2, 0.25) is 0 Å². The predicted molar refractivity (Wildman–Crippen MR) is 45.1 cm³/mol. The summed E-state index contributed by atoms with van der Waals surface area (Å²) in [6.07, 6.45) is 1.45. The molecule has 0 bridgehead atoms. The van der Waals surface area contributed by atoms with Crippen molar-refractivity contribution in [3.05, 3.63) is 0 Å². The minimum atomic E-state index is -0.750. The van der Waals surface area contributed by atoms with Gasteiger partial charge in [0, 0.05) is 6.42 Å². The zero-order valence-electron chi connectivity index (χ0n) is 7.53. The van der Waals surface area contributed by atoms with Crippen LogP contribution in [0.3, 0.4) is 0 Å². The summed E-state index contributed by atoms with van der Waals surface area (Å²) in [6, 6.07) is 0. The standard InChI is InChI=1S/C7H14O2.O2S/c1-4-6(3)9-7(8)5-2;1-3-2/h6H,4-5H2,1-3H3;. The highest BCUT2D eigenvalue weighted by atomic mass is 32.1. The highest BCUT2D eigenvalue weighted by Crippen LogP contribution is 1.97. The number of hydrogen-bond donors (Lipinski definition) is 0. The maximum Gasteiger partial charge on any atom is 0.335 e. The summed E-state index contributed by atoms with van der Waals surface area (Å²) in [4.78, 5) is 10.6. The summed E-state index contributed by atoms with van der Waals surface area (Å²) in [7, 11) is 0. The number of rotatable bonds is 3. The molecule has 1 atom stereocenters.